The van der Waals surface area contributed by atoms with Gasteiger partial charge in [-0.25, -0.2) is 0 Å². The van der Waals surface area contributed by atoms with E-state index in [9.17, 15) is 5.11 Å². The average molecular weight is 247 g/mol. The Bertz CT molecular complexity index is 400. The average Bonchev–Trinajstić information content (AvgIpc) is 2.30. The van der Waals surface area contributed by atoms with Gasteiger partial charge in [0.1, 0.15) is 0 Å². The molecule has 0 aromatic heterocycles. The van der Waals surface area contributed by atoms with Gasteiger partial charge in [-0.15, -0.1) is 0 Å². The van der Waals surface area contributed by atoms with E-state index in [0.29, 0.717) is 12.0 Å². The summed E-state index contributed by atoms with van der Waals surface area (Å²) in [4.78, 5) is 2.34. The Morgan fingerprint density at radius 1 is 1.28 bits per heavy atom. The van der Waals surface area contributed by atoms with E-state index in [-0.39, 0.29) is 0 Å². The number of likely N-dealkylation sites (tertiary alicyclic amines) is 1. The number of nitrogens with zero attached hydrogens (tertiary/aromatic N) is 1. The molecule has 1 fully saturated rings. The maximum atomic E-state index is 10.9. The van der Waals surface area contributed by atoms with Crippen molar-refractivity contribution in [3.05, 3.63) is 35.4 Å². The second-order valence-corrected chi connectivity index (χ2v) is 6.16. The lowest BCUT2D eigenvalue weighted by Gasteiger charge is -2.46. The summed E-state index contributed by atoms with van der Waals surface area (Å²) in [5.74, 6) is 0.319. The summed E-state index contributed by atoms with van der Waals surface area (Å²) in [5.41, 5.74) is 1.96. The Kier molecular flexibility index (Phi) is 3.79. The van der Waals surface area contributed by atoms with E-state index in [1.807, 2.05) is 0 Å². The predicted molar refractivity (Wildman–Crippen MR) is 75.7 cm³/mol. The van der Waals surface area contributed by atoms with E-state index in [4.69, 9.17) is 0 Å². The van der Waals surface area contributed by atoms with Crippen LogP contribution in [-0.2, 0) is 6.42 Å². The van der Waals surface area contributed by atoms with Crippen LogP contribution in [0.1, 0.15) is 31.4 Å². The molecule has 1 aromatic carbocycles. The smallest absolute Gasteiger partial charge is 0.0740 e. The van der Waals surface area contributed by atoms with Crippen LogP contribution in [0, 0.1) is 12.8 Å². The van der Waals surface area contributed by atoms with E-state index in [2.05, 4.69) is 57.0 Å². The molecule has 2 rings (SSSR count). The maximum absolute atomic E-state index is 10.9. The molecule has 2 nitrogen and oxygen atoms in total. The first-order valence-electron chi connectivity index (χ1n) is 6.89. The monoisotopic (exact) mass is 247 g/mol. The fourth-order valence-electron chi connectivity index (χ4n) is 2.96. The van der Waals surface area contributed by atoms with Gasteiger partial charge in [0.2, 0.25) is 0 Å². The van der Waals surface area contributed by atoms with Crippen molar-refractivity contribution in [1.29, 1.82) is 0 Å². The summed E-state index contributed by atoms with van der Waals surface area (Å²) in [6.45, 7) is 7.44. The molecule has 1 aliphatic rings. The third-order valence-electron chi connectivity index (χ3n) is 4.51. The quantitative estimate of drug-likeness (QED) is 0.868. The van der Waals surface area contributed by atoms with E-state index in [0.717, 1.165) is 19.4 Å². The molecule has 1 N–H and O–H groups in total. The highest BCUT2D eigenvalue weighted by molar-refractivity contribution is 5.23. The highest BCUT2D eigenvalue weighted by Gasteiger charge is 2.40. The zero-order chi connectivity index (χ0) is 13.3. The third-order valence-corrected chi connectivity index (χ3v) is 4.51. The third kappa shape index (κ3) is 2.76. The molecule has 3 unspecified atom stereocenters. The first kappa shape index (κ1) is 13.6. The highest BCUT2D eigenvalue weighted by Crippen LogP contribution is 2.33. The topological polar surface area (TPSA) is 23.5 Å². The number of hydrogen-bond donors (Lipinski definition) is 1. The van der Waals surface area contributed by atoms with Crippen molar-refractivity contribution in [2.75, 3.05) is 13.6 Å². The molecule has 2 heteroatoms. The van der Waals surface area contributed by atoms with Gasteiger partial charge in [0.15, 0.2) is 0 Å². The largest absolute Gasteiger partial charge is 0.389 e. The number of aryl methyl sites for hydroxylation is 1. The van der Waals surface area contributed by atoms with Crippen molar-refractivity contribution in [2.24, 2.45) is 5.92 Å². The van der Waals surface area contributed by atoms with Crippen molar-refractivity contribution in [3.8, 4) is 0 Å². The molecule has 1 aliphatic heterocycles. The molecule has 0 radical (unpaired) electrons. The van der Waals surface area contributed by atoms with Gasteiger partial charge in [-0.05, 0) is 38.8 Å². The van der Waals surface area contributed by atoms with Gasteiger partial charge in [0.05, 0.1) is 5.60 Å². The van der Waals surface area contributed by atoms with Crippen LogP contribution in [0.2, 0.25) is 0 Å². The van der Waals surface area contributed by atoms with E-state index in [1.165, 1.54) is 11.1 Å². The molecule has 0 amide bonds. The lowest BCUT2D eigenvalue weighted by atomic mass is 9.75. The fraction of sp³-hybridized carbons (Fsp3) is 0.625. The second kappa shape index (κ2) is 5.02. The Morgan fingerprint density at radius 2 is 1.89 bits per heavy atom. The zero-order valence-corrected chi connectivity index (χ0v) is 12.0. The summed E-state index contributed by atoms with van der Waals surface area (Å²) < 4.78 is 0. The first-order valence-corrected chi connectivity index (χ1v) is 6.89. The Hall–Kier alpha value is -0.860. The molecule has 1 heterocycles. The van der Waals surface area contributed by atoms with Crippen LogP contribution in [0.15, 0.2) is 24.3 Å². The van der Waals surface area contributed by atoms with Crippen LogP contribution in [-0.4, -0.2) is 35.2 Å². The van der Waals surface area contributed by atoms with Crippen LogP contribution in [0.25, 0.3) is 0 Å². The van der Waals surface area contributed by atoms with Crippen LogP contribution in [0.3, 0.4) is 0 Å². The standard InChI is InChI=1S/C16H25NO/c1-12-5-7-15(8-6-12)10-16(18)9-14(3)17(4)11-13(16)2/h5-8,13-14,18H,9-11H2,1-4H3. The number of piperidine rings is 1. The molecule has 18 heavy (non-hydrogen) atoms. The Morgan fingerprint density at radius 3 is 2.50 bits per heavy atom. The maximum Gasteiger partial charge on any atom is 0.0740 e. The molecule has 0 aliphatic carbocycles. The molecule has 1 saturated heterocycles. The van der Waals surface area contributed by atoms with Gasteiger partial charge < -0.3 is 10.0 Å². The van der Waals surface area contributed by atoms with Crippen LogP contribution >= 0.6 is 0 Å². The van der Waals surface area contributed by atoms with Crippen molar-refractivity contribution in [2.45, 2.75) is 45.3 Å². The minimum Gasteiger partial charge on any atom is -0.389 e. The van der Waals surface area contributed by atoms with Crippen LogP contribution in [0.5, 0.6) is 0 Å². The lowest BCUT2D eigenvalue weighted by molar-refractivity contribution is -0.0778. The molecular formula is C16H25NO. The molecule has 0 spiro atoms. The van der Waals surface area contributed by atoms with Crippen molar-refractivity contribution in [3.63, 3.8) is 0 Å². The van der Waals surface area contributed by atoms with E-state index < -0.39 is 5.60 Å². The highest BCUT2D eigenvalue weighted by atomic mass is 16.3. The fourth-order valence-corrected chi connectivity index (χ4v) is 2.96. The van der Waals surface area contributed by atoms with Gasteiger partial charge in [0, 0.05) is 19.0 Å². The van der Waals surface area contributed by atoms with Gasteiger partial charge in [-0.3, -0.25) is 0 Å². The second-order valence-electron chi connectivity index (χ2n) is 6.16. The number of aliphatic hydroxyl groups is 1. The molecule has 100 valence electrons. The van der Waals surface area contributed by atoms with Gasteiger partial charge in [-0.1, -0.05) is 36.8 Å². The van der Waals surface area contributed by atoms with Gasteiger partial charge in [0.25, 0.3) is 0 Å². The summed E-state index contributed by atoms with van der Waals surface area (Å²) in [5, 5.41) is 10.9. The van der Waals surface area contributed by atoms with Gasteiger partial charge in [-0.2, -0.15) is 0 Å². The number of rotatable bonds is 2. The lowest BCUT2D eigenvalue weighted by Crippen LogP contribution is -2.54. The molecule has 3 atom stereocenters. The van der Waals surface area contributed by atoms with Crippen molar-refractivity contribution < 1.29 is 5.11 Å². The van der Waals surface area contributed by atoms with Crippen molar-refractivity contribution in [1.82, 2.24) is 4.90 Å². The van der Waals surface area contributed by atoms with Crippen molar-refractivity contribution >= 4 is 0 Å². The van der Waals surface area contributed by atoms with Crippen LogP contribution in [0.4, 0.5) is 0 Å². The summed E-state index contributed by atoms with van der Waals surface area (Å²) in [6.07, 6.45) is 1.63. The Balaban J connectivity index is 2.13. The molecular weight excluding hydrogens is 222 g/mol. The normalized spacial score (nSPS) is 33.6. The first-order chi connectivity index (χ1) is 8.40. The van der Waals surface area contributed by atoms with E-state index in [1.54, 1.807) is 0 Å². The number of benzene rings is 1. The summed E-state index contributed by atoms with van der Waals surface area (Å²) in [7, 11) is 2.15. The minimum absolute atomic E-state index is 0.319. The molecule has 0 bridgehead atoms. The zero-order valence-electron chi connectivity index (χ0n) is 12.0. The Labute approximate surface area is 111 Å². The number of hydrogen-bond acceptors (Lipinski definition) is 2. The molecule has 0 saturated carbocycles. The molecule has 1 aromatic rings. The van der Waals surface area contributed by atoms with Gasteiger partial charge >= 0.3 is 0 Å². The SMILES string of the molecule is Cc1ccc(CC2(O)CC(C)N(C)CC2C)cc1. The van der Waals surface area contributed by atoms with Crippen LogP contribution < -0.4 is 0 Å². The summed E-state index contributed by atoms with van der Waals surface area (Å²) >= 11 is 0. The summed E-state index contributed by atoms with van der Waals surface area (Å²) in [6, 6.07) is 8.99. The minimum atomic E-state index is -0.554. The predicted octanol–water partition coefficient (Wildman–Crippen LogP) is 2.63. The van der Waals surface area contributed by atoms with E-state index >= 15 is 0 Å².